The van der Waals surface area contributed by atoms with Crippen LogP contribution in [-0.2, 0) is 0 Å². The van der Waals surface area contributed by atoms with Crippen LogP contribution in [0.1, 0.15) is 54.4 Å². The molecule has 3 rings (SSSR count). The van der Waals surface area contributed by atoms with Gasteiger partial charge in [0.25, 0.3) is 0 Å². The van der Waals surface area contributed by atoms with Gasteiger partial charge in [0.2, 0.25) is 0 Å². The molecule has 0 aliphatic carbocycles. The highest BCUT2D eigenvalue weighted by Gasteiger charge is 2.33. The largest absolute Gasteiger partial charge is 0.359 e. The van der Waals surface area contributed by atoms with Crippen molar-refractivity contribution in [2.45, 2.75) is 45.7 Å². The van der Waals surface area contributed by atoms with Crippen LogP contribution in [0.2, 0.25) is 0 Å². The zero-order valence-corrected chi connectivity index (χ0v) is 13.9. The van der Waals surface area contributed by atoms with E-state index in [9.17, 15) is 4.79 Å². The first kappa shape index (κ1) is 15.6. The van der Waals surface area contributed by atoms with E-state index >= 15 is 0 Å². The molecule has 1 aliphatic rings. The Bertz CT molecular complexity index is 695. The van der Waals surface area contributed by atoms with E-state index in [1.807, 2.05) is 36.9 Å². The number of carbonyl (C=O) groups is 1. The van der Waals surface area contributed by atoms with Gasteiger partial charge in [0.1, 0.15) is 0 Å². The van der Waals surface area contributed by atoms with Crippen LogP contribution in [0.15, 0.2) is 34.9 Å². The minimum atomic E-state index is -0.0442. The fraction of sp³-hybridized carbons (Fsp3) is 0.444. The van der Waals surface area contributed by atoms with Crippen LogP contribution >= 0.6 is 0 Å². The second kappa shape index (κ2) is 6.44. The Morgan fingerprint density at radius 3 is 2.87 bits per heavy atom. The summed E-state index contributed by atoms with van der Waals surface area (Å²) in [5.41, 5.74) is 3.18. The van der Waals surface area contributed by atoms with Gasteiger partial charge in [-0.25, -0.2) is 4.79 Å². The molecule has 2 heterocycles. The Kier molecular flexibility index (Phi) is 4.37. The first-order valence-electron chi connectivity index (χ1n) is 8.12. The van der Waals surface area contributed by atoms with Gasteiger partial charge in [0.15, 0.2) is 5.76 Å². The molecule has 2 aromatic rings. The highest BCUT2D eigenvalue weighted by Crippen LogP contribution is 2.32. The molecular formula is C18H23N3O2. The monoisotopic (exact) mass is 313 g/mol. The second-order valence-corrected chi connectivity index (χ2v) is 6.25. The molecule has 1 aliphatic heterocycles. The summed E-state index contributed by atoms with van der Waals surface area (Å²) in [4.78, 5) is 14.5. The van der Waals surface area contributed by atoms with Crippen LogP contribution in [0, 0.1) is 13.8 Å². The lowest BCUT2D eigenvalue weighted by molar-refractivity contribution is 0.179. The molecule has 1 N–H and O–H groups in total. The summed E-state index contributed by atoms with van der Waals surface area (Å²) in [6, 6.07) is 9.96. The van der Waals surface area contributed by atoms with Crippen molar-refractivity contribution in [2.24, 2.45) is 0 Å². The maximum absolute atomic E-state index is 12.7. The van der Waals surface area contributed by atoms with Gasteiger partial charge in [-0.05, 0) is 44.7 Å². The number of benzene rings is 1. The number of carbonyl (C=O) groups excluding carboxylic acids is 1. The zero-order chi connectivity index (χ0) is 16.4. The van der Waals surface area contributed by atoms with Crippen LogP contribution in [0.5, 0.6) is 0 Å². The minimum absolute atomic E-state index is 0.0136. The van der Waals surface area contributed by atoms with Crippen LogP contribution in [-0.4, -0.2) is 22.6 Å². The smallest absolute Gasteiger partial charge is 0.318 e. The maximum atomic E-state index is 12.7. The van der Waals surface area contributed by atoms with E-state index in [0.717, 1.165) is 36.4 Å². The average Bonchev–Trinajstić information content (AvgIpc) is 3.15. The van der Waals surface area contributed by atoms with Crippen molar-refractivity contribution in [3.05, 3.63) is 52.9 Å². The highest BCUT2D eigenvalue weighted by atomic mass is 16.5. The predicted octanol–water partition coefficient (Wildman–Crippen LogP) is 3.90. The van der Waals surface area contributed by atoms with Crippen molar-refractivity contribution >= 4 is 6.03 Å². The second-order valence-electron chi connectivity index (χ2n) is 6.25. The lowest BCUT2D eigenvalue weighted by atomic mass is 10.0. The summed E-state index contributed by atoms with van der Waals surface area (Å²) in [6.07, 6.45) is 1.90. The molecule has 122 valence electrons. The standard InChI is InChI=1S/C18H23N3O2/c1-12-7-4-5-8-15(12)14(3)19-18(22)21-10-6-9-16(21)17-11-13(2)20-23-17/h4-5,7-8,11,14,16H,6,9-10H2,1-3H3,(H,19,22)/t14-,16-/m1/s1. The lowest BCUT2D eigenvalue weighted by Gasteiger charge is -2.26. The number of hydrogen-bond donors (Lipinski definition) is 1. The van der Waals surface area contributed by atoms with Gasteiger partial charge >= 0.3 is 6.03 Å². The molecule has 23 heavy (non-hydrogen) atoms. The first-order valence-corrected chi connectivity index (χ1v) is 8.12. The molecule has 0 unspecified atom stereocenters. The van der Waals surface area contributed by atoms with Crippen LogP contribution < -0.4 is 5.32 Å². The highest BCUT2D eigenvalue weighted by molar-refractivity contribution is 5.75. The number of aryl methyl sites for hydroxylation is 2. The molecular weight excluding hydrogens is 290 g/mol. The van der Waals surface area contributed by atoms with Gasteiger partial charge in [-0.15, -0.1) is 0 Å². The van der Waals surface area contributed by atoms with E-state index < -0.39 is 0 Å². The van der Waals surface area contributed by atoms with Gasteiger partial charge in [-0.2, -0.15) is 0 Å². The number of nitrogens with one attached hydrogen (secondary N) is 1. The summed E-state index contributed by atoms with van der Waals surface area (Å²) in [7, 11) is 0. The van der Waals surface area contributed by atoms with Gasteiger partial charge in [-0.3, -0.25) is 0 Å². The van der Waals surface area contributed by atoms with Crippen molar-refractivity contribution in [1.29, 1.82) is 0 Å². The number of amides is 2. The van der Waals surface area contributed by atoms with Crippen LogP contribution in [0.25, 0.3) is 0 Å². The molecule has 1 fully saturated rings. The quantitative estimate of drug-likeness (QED) is 0.935. The van der Waals surface area contributed by atoms with Crippen molar-refractivity contribution in [2.75, 3.05) is 6.54 Å². The van der Waals surface area contributed by atoms with E-state index in [4.69, 9.17) is 4.52 Å². The molecule has 2 amide bonds. The Labute approximate surface area is 136 Å². The molecule has 5 heteroatoms. The Hall–Kier alpha value is -2.30. The molecule has 0 bridgehead atoms. The Morgan fingerprint density at radius 1 is 1.39 bits per heavy atom. The summed E-state index contributed by atoms with van der Waals surface area (Å²) >= 11 is 0. The number of aromatic nitrogens is 1. The van der Waals surface area contributed by atoms with E-state index in [2.05, 4.69) is 29.5 Å². The number of hydrogen-bond acceptors (Lipinski definition) is 3. The summed E-state index contributed by atoms with van der Waals surface area (Å²) in [5.74, 6) is 0.777. The van der Waals surface area contributed by atoms with E-state index in [1.54, 1.807) is 0 Å². The van der Waals surface area contributed by atoms with Crippen LogP contribution in [0.3, 0.4) is 0 Å². The zero-order valence-electron chi connectivity index (χ0n) is 13.9. The van der Waals surface area contributed by atoms with E-state index in [0.29, 0.717) is 0 Å². The predicted molar refractivity (Wildman–Crippen MR) is 88.0 cm³/mol. The molecule has 0 spiro atoms. The van der Waals surface area contributed by atoms with Crippen molar-refractivity contribution in [3.63, 3.8) is 0 Å². The van der Waals surface area contributed by atoms with Gasteiger partial charge < -0.3 is 14.7 Å². The molecule has 0 radical (unpaired) electrons. The Balaban J connectivity index is 1.71. The fourth-order valence-electron chi connectivity index (χ4n) is 3.26. The normalized spacial score (nSPS) is 18.9. The maximum Gasteiger partial charge on any atom is 0.318 e. The third-order valence-electron chi connectivity index (χ3n) is 4.48. The first-order chi connectivity index (χ1) is 11.1. The average molecular weight is 313 g/mol. The summed E-state index contributed by atoms with van der Waals surface area (Å²) < 4.78 is 5.37. The molecule has 1 aromatic carbocycles. The third-order valence-corrected chi connectivity index (χ3v) is 4.48. The molecule has 0 saturated carbocycles. The molecule has 1 aromatic heterocycles. The van der Waals surface area contributed by atoms with Gasteiger partial charge in [-0.1, -0.05) is 29.4 Å². The van der Waals surface area contributed by atoms with E-state index in [1.165, 1.54) is 5.56 Å². The molecule has 1 saturated heterocycles. The molecule has 2 atom stereocenters. The lowest BCUT2D eigenvalue weighted by Crippen LogP contribution is -2.40. The van der Waals surface area contributed by atoms with Gasteiger partial charge in [0.05, 0.1) is 17.8 Å². The number of likely N-dealkylation sites (tertiary alicyclic amines) is 1. The summed E-state index contributed by atoms with van der Waals surface area (Å²) in [6.45, 7) is 6.72. The topological polar surface area (TPSA) is 58.4 Å². The number of nitrogens with zero attached hydrogens (tertiary/aromatic N) is 2. The van der Waals surface area contributed by atoms with E-state index in [-0.39, 0.29) is 18.1 Å². The molecule has 5 nitrogen and oxygen atoms in total. The fourth-order valence-corrected chi connectivity index (χ4v) is 3.26. The SMILES string of the molecule is Cc1cc([C@H]2CCCN2C(=O)N[C@H](C)c2ccccc2C)on1. The van der Waals surface area contributed by atoms with Gasteiger partial charge in [0, 0.05) is 12.6 Å². The van der Waals surface area contributed by atoms with Crippen molar-refractivity contribution in [3.8, 4) is 0 Å². The summed E-state index contributed by atoms with van der Waals surface area (Å²) in [5, 5.41) is 7.05. The van der Waals surface area contributed by atoms with Crippen molar-refractivity contribution < 1.29 is 9.32 Å². The van der Waals surface area contributed by atoms with Crippen molar-refractivity contribution in [1.82, 2.24) is 15.4 Å². The third kappa shape index (κ3) is 3.23. The minimum Gasteiger partial charge on any atom is -0.359 e. The number of rotatable bonds is 3. The van der Waals surface area contributed by atoms with Crippen LogP contribution in [0.4, 0.5) is 4.79 Å². The Morgan fingerprint density at radius 2 is 2.17 bits per heavy atom. The number of urea groups is 1.